The van der Waals surface area contributed by atoms with E-state index >= 15 is 0 Å². The predicted octanol–water partition coefficient (Wildman–Crippen LogP) is 1.33. The SMILES string of the molecule is CC[C@@H]1C=C[C@@H](O)C1. The highest BCUT2D eigenvalue weighted by Gasteiger charge is 2.13. The number of aliphatic hydroxyl groups excluding tert-OH is 1. The van der Waals surface area contributed by atoms with Crippen LogP contribution in [0.15, 0.2) is 12.2 Å². The number of rotatable bonds is 1. The van der Waals surface area contributed by atoms with E-state index in [-0.39, 0.29) is 6.10 Å². The fourth-order valence-electron chi connectivity index (χ4n) is 1.06. The molecule has 0 aromatic rings. The molecule has 0 saturated carbocycles. The van der Waals surface area contributed by atoms with Crippen LogP contribution in [-0.4, -0.2) is 11.2 Å². The molecule has 0 radical (unpaired) electrons. The van der Waals surface area contributed by atoms with Gasteiger partial charge < -0.3 is 5.11 Å². The maximum atomic E-state index is 8.94. The molecule has 1 aliphatic rings. The molecule has 1 aliphatic carbocycles. The molecule has 0 heterocycles. The maximum Gasteiger partial charge on any atom is 0.0726 e. The predicted molar refractivity (Wildman–Crippen MR) is 33.5 cm³/mol. The van der Waals surface area contributed by atoms with Gasteiger partial charge in [-0.05, 0) is 18.8 Å². The highest BCUT2D eigenvalue weighted by Crippen LogP contribution is 2.19. The largest absolute Gasteiger partial charge is 0.389 e. The van der Waals surface area contributed by atoms with E-state index in [1.165, 1.54) is 0 Å². The van der Waals surface area contributed by atoms with Crippen LogP contribution in [0.3, 0.4) is 0 Å². The number of aliphatic hydroxyl groups is 1. The first kappa shape index (κ1) is 5.83. The van der Waals surface area contributed by atoms with Crippen molar-refractivity contribution in [1.82, 2.24) is 0 Å². The Labute approximate surface area is 50.0 Å². The average Bonchev–Trinajstić information content (AvgIpc) is 2.14. The molecule has 46 valence electrons. The Balaban J connectivity index is 2.34. The lowest BCUT2D eigenvalue weighted by atomic mass is 10.1. The Kier molecular flexibility index (Phi) is 1.69. The minimum absolute atomic E-state index is 0.153. The molecule has 0 amide bonds. The summed E-state index contributed by atoms with van der Waals surface area (Å²) >= 11 is 0. The summed E-state index contributed by atoms with van der Waals surface area (Å²) in [6.45, 7) is 2.15. The summed E-state index contributed by atoms with van der Waals surface area (Å²) in [5, 5.41) is 8.94. The van der Waals surface area contributed by atoms with Gasteiger partial charge >= 0.3 is 0 Å². The van der Waals surface area contributed by atoms with Gasteiger partial charge in [-0.3, -0.25) is 0 Å². The van der Waals surface area contributed by atoms with Crippen molar-refractivity contribution < 1.29 is 5.11 Å². The molecule has 0 fully saturated rings. The average molecular weight is 112 g/mol. The van der Waals surface area contributed by atoms with Gasteiger partial charge in [0.25, 0.3) is 0 Å². The fraction of sp³-hybridized carbons (Fsp3) is 0.714. The Morgan fingerprint density at radius 3 is 2.62 bits per heavy atom. The Morgan fingerprint density at radius 1 is 1.62 bits per heavy atom. The van der Waals surface area contributed by atoms with Crippen LogP contribution in [0.1, 0.15) is 19.8 Å². The van der Waals surface area contributed by atoms with E-state index in [1.807, 2.05) is 6.08 Å². The molecule has 1 N–H and O–H groups in total. The van der Waals surface area contributed by atoms with Crippen molar-refractivity contribution in [2.75, 3.05) is 0 Å². The molecular formula is C7H12O. The van der Waals surface area contributed by atoms with Crippen molar-refractivity contribution in [2.45, 2.75) is 25.9 Å². The first-order chi connectivity index (χ1) is 3.83. The Morgan fingerprint density at radius 2 is 2.38 bits per heavy atom. The topological polar surface area (TPSA) is 20.2 Å². The summed E-state index contributed by atoms with van der Waals surface area (Å²) in [5.41, 5.74) is 0. The minimum Gasteiger partial charge on any atom is -0.389 e. The Hall–Kier alpha value is -0.300. The number of hydrogen-bond donors (Lipinski definition) is 1. The van der Waals surface area contributed by atoms with Gasteiger partial charge in [0.1, 0.15) is 0 Å². The molecule has 0 aromatic carbocycles. The summed E-state index contributed by atoms with van der Waals surface area (Å²) in [7, 11) is 0. The monoisotopic (exact) mass is 112 g/mol. The van der Waals surface area contributed by atoms with Gasteiger partial charge in [-0.2, -0.15) is 0 Å². The highest BCUT2D eigenvalue weighted by molar-refractivity contribution is 5.01. The van der Waals surface area contributed by atoms with E-state index in [4.69, 9.17) is 5.11 Å². The lowest BCUT2D eigenvalue weighted by Crippen LogP contribution is -1.99. The van der Waals surface area contributed by atoms with E-state index in [1.54, 1.807) is 0 Å². The Bertz CT molecular complexity index is 96.6. The van der Waals surface area contributed by atoms with E-state index in [0.717, 1.165) is 12.8 Å². The molecule has 0 aromatic heterocycles. The second-order valence-corrected chi connectivity index (χ2v) is 2.36. The third-order valence-electron chi connectivity index (χ3n) is 1.67. The van der Waals surface area contributed by atoms with Crippen LogP contribution in [0.25, 0.3) is 0 Å². The minimum atomic E-state index is -0.153. The second-order valence-electron chi connectivity index (χ2n) is 2.36. The maximum absolute atomic E-state index is 8.94. The van der Waals surface area contributed by atoms with Crippen LogP contribution < -0.4 is 0 Å². The van der Waals surface area contributed by atoms with Crippen molar-refractivity contribution in [2.24, 2.45) is 5.92 Å². The van der Waals surface area contributed by atoms with Crippen molar-refractivity contribution in [3.63, 3.8) is 0 Å². The number of hydrogen-bond acceptors (Lipinski definition) is 1. The zero-order chi connectivity index (χ0) is 5.98. The first-order valence-electron chi connectivity index (χ1n) is 3.19. The van der Waals surface area contributed by atoms with Crippen molar-refractivity contribution in [3.8, 4) is 0 Å². The standard InChI is InChI=1S/C7H12O/c1-2-6-3-4-7(8)5-6/h3-4,6-8H,2,5H2,1H3/t6-,7-/m1/s1. The summed E-state index contributed by atoms with van der Waals surface area (Å²) in [6.07, 6.45) is 5.93. The molecule has 0 aliphatic heterocycles. The van der Waals surface area contributed by atoms with Crippen LogP contribution in [-0.2, 0) is 0 Å². The summed E-state index contributed by atoms with van der Waals surface area (Å²) in [5.74, 6) is 0.644. The molecule has 1 rings (SSSR count). The quantitative estimate of drug-likeness (QED) is 0.507. The third kappa shape index (κ3) is 1.10. The third-order valence-corrected chi connectivity index (χ3v) is 1.67. The van der Waals surface area contributed by atoms with E-state index in [0.29, 0.717) is 5.92 Å². The van der Waals surface area contributed by atoms with Crippen LogP contribution in [0.4, 0.5) is 0 Å². The molecule has 0 saturated heterocycles. The van der Waals surface area contributed by atoms with E-state index in [9.17, 15) is 0 Å². The normalized spacial score (nSPS) is 36.2. The summed E-state index contributed by atoms with van der Waals surface area (Å²) in [4.78, 5) is 0. The molecule has 0 unspecified atom stereocenters. The summed E-state index contributed by atoms with van der Waals surface area (Å²) < 4.78 is 0. The zero-order valence-electron chi connectivity index (χ0n) is 5.17. The molecule has 1 nitrogen and oxygen atoms in total. The van der Waals surface area contributed by atoms with Gasteiger partial charge in [0.2, 0.25) is 0 Å². The van der Waals surface area contributed by atoms with Gasteiger partial charge in [0.15, 0.2) is 0 Å². The lowest BCUT2D eigenvalue weighted by Gasteiger charge is -2.01. The van der Waals surface area contributed by atoms with Gasteiger partial charge in [0, 0.05) is 0 Å². The molecule has 0 spiro atoms. The molecule has 1 heteroatoms. The molecular weight excluding hydrogens is 100 g/mol. The molecule has 8 heavy (non-hydrogen) atoms. The zero-order valence-corrected chi connectivity index (χ0v) is 5.17. The van der Waals surface area contributed by atoms with E-state index < -0.39 is 0 Å². The van der Waals surface area contributed by atoms with Crippen LogP contribution >= 0.6 is 0 Å². The molecule has 2 atom stereocenters. The van der Waals surface area contributed by atoms with E-state index in [2.05, 4.69) is 13.0 Å². The molecule has 0 bridgehead atoms. The van der Waals surface area contributed by atoms with Crippen LogP contribution in [0.5, 0.6) is 0 Å². The summed E-state index contributed by atoms with van der Waals surface area (Å²) in [6, 6.07) is 0. The van der Waals surface area contributed by atoms with Crippen molar-refractivity contribution >= 4 is 0 Å². The van der Waals surface area contributed by atoms with Crippen LogP contribution in [0, 0.1) is 5.92 Å². The smallest absolute Gasteiger partial charge is 0.0726 e. The lowest BCUT2D eigenvalue weighted by molar-refractivity contribution is 0.209. The fourth-order valence-corrected chi connectivity index (χ4v) is 1.06. The number of allylic oxidation sites excluding steroid dienone is 1. The highest BCUT2D eigenvalue weighted by atomic mass is 16.3. The van der Waals surface area contributed by atoms with Gasteiger partial charge in [-0.15, -0.1) is 0 Å². The van der Waals surface area contributed by atoms with Gasteiger partial charge in [-0.1, -0.05) is 19.1 Å². The van der Waals surface area contributed by atoms with Gasteiger partial charge in [-0.25, -0.2) is 0 Å². The second kappa shape index (κ2) is 2.31. The first-order valence-corrected chi connectivity index (χ1v) is 3.19. The van der Waals surface area contributed by atoms with Crippen molar-refractivity contribution in [1.29, 1.82) is 0 Å². The van der Waals surface area contributed by atoms with Crippen LogP contribution in [0.2, 0.25) is 0 Å². The van der Waals surface area contributed by atoms with Crippen molar-refractivity contribution in [3.05, 3.63) is 12.2 Å². The van der Waals surface area contributed by atoms with Gasteiger partial charge in [0.05, 0.1) is 6.10 Å².